The Morgan fingerprint density at radius 2 is 1.97 bits per heavy atom. The highest BCUT2D eigenvalue weighted by Crippen LogP contribution is 2.27. The van der Waals surface area contributed by atoms with Crippen molar-refractivity contribution in [3.8, 4) is 11.3 Å². The molecule has 3 aromatic heterocycles. The van der Waals surface area contributed by atoms with E-state index in [0.29, 0.717) is 29.2 Å². The van der Waals surface area contributed by atoms with Crippen LogP contribution in [0.3, 0.4) is 0 Å². The zero-order valence-corrected chi connectivity index (χ0v) is 17.1. The first-order valence-electron chi connectivity index (χ1n) is 9.84. The molecule has 0 radical (unpaired) electrons. The molecule has 1 amide bonds. The SMILES string of the molecule is CNC(=O)c1ccnc2c([C@H](C)CNc3cc(-c4ccc(F)nc4)ncn3)cccc12. The fraction of sp³-hybridized carbons (Fsp3) is 0.174. The second-order valence-corrected chi connectivity index (χ2v) is 7.12. The molecule has 0 unspecified atom stereocenters. The number of carbonyl (C=O) groups is 1. The summed E-state index contributed by atoms with van der Waals surface area (Å²) in [4.78, 5) is 28.9. The number of halogens is 1. The highest BCUT2D eigenvalue weighted by molar-refractivity contribution is 6.06. The Morgan fingerprint density at radius 1 is 1.10 bits per heavy atom. The number of carbonyl (C=O) groups excluding carboxylic acids is 1. The van der Waals surface area contributed by atoms with Gasteiger partial charge in [-0.1, -0.05) is 25.1 Å². The number of fused-ring (bicyclic) bond motifs is 1. The number of aromatic nitrogens is 4. The van der Waals surface area contributed by atoms with Gasteiger partial charge in [0.25, 0.3) is 5.91 Å². The van der Waals surface area contributed by atoms with Gasteiger partial charge in [-0.05, 0) is 23.8 Å². The number of hydrogen-bond donors (Lipinski definition) is 2. The van der Waals surface area contributed by atoms with E-state index >= 15 is 0 Å². The van der Waals surface area contributed by atoms with Crippen molar-refractivity contribution in [3.05, 3.63) is 78.3 Å². The fourth-order valence-corrected chi connectivity index (χ4v) is 3.44. The van der Waals surface area contributed by atoms with Crippen LogP contribution in [0.5, 0.6) is 0 Å². The average molecular weight is 416 g/mol. The van der Waals surface area contributed by atoms with E-state index < -0.39 is 5.95 Å². The number of nitrogens with zero attached hydrogens (tertiary/aromatic N) is 4. The molecule has 0 saturated carbocycles. The third-order valence-electron chi connectivity index (χ3n) is 5.08. The highest BCUT2D eigenvalue weighted by atomic mass is 19.1. The van der Waals surface area contributed by atoms with Gasteiger partial charge in [0.15, 0.2) is 0 Å². The number of pyridine rings is 2. The summed E-state index contributed by atoms with van der Waals surface area (Å²) < 4.78 is 13.1. The normalized spacial score (nSPS) is 11.8. The topological polar surface area (TPSA) is 92.7 Å². The smallest absolute Gasteiger partial charge is 0.251 e. The number of rotatable bonds is 6. The Hall–Kier alpha value is -3.94. The van der Waals surface area contributed by atoms with Crippen LogP contribution in [-0.2, 0) is 0 Å². The molecule has 7 nitrogen and oxygen atoms in total. The predicted molar refractivity (Wildman–Crippen MR) is 117 cm³/mol. The molecule has 3 heterocycles. The van der Waals surface area contributed by atoms with Crippen molar-refractivity contribution in [2.45, 2.75) is 12.8 Å². The van der Waals surface area contributed by atoms with Crippen molar-refractivity contribution in [1.82, 2.24) is 25.3 Å². The zero-order valence-electron chi connectivity index (χ0n) is 17.1. The van der Waals surface area contributed by atoms with Crippen molar-refractivity contribution >= 4 is 22.6 Å². The van der Waals surface area contributed by atoms with Gasteiger partial charge in [0, 0.05) is 48.9 Å². The largest absolute Gasteiger partial charge is 0.369 e. The summed E-state index contributed by atoms with van der Waals surface area (Å²) in [5, 5.41) is 6.82. The quantitative estimate of drug-likeness (QED) is 0.465. The Labute approximate surface area is 178 Å². The van der Waals surface area contributed by atoms with E-state index in [4.69, 9.17) is 0 Å². The van der Waals surface area contributed by atoms with Gasteiger partial charge >= 0.3 is 0 Å². The first-order valence-corrected chi connectivity index (χ1v) is 9.84. The number of anilines is 1. The zero-order chi connectivity index (χ0) is 21.8. The molecule has 0 spiro atoms. The summed E-state index contributed by atoms with van der Waals surface area (Å²) in [6.45, 7) is 2.69. The maximum atomic E-state index is 13.1. The molecule has 31 heavy (non-hydrogen) atoms. The molecule has 0 aliphatic rings. The Bertz CT molecular complexity index is 1230. The molecule has 1 atom stereocenters. The summed E-state index contributed by atoms with van der Waals surface area (Å²) in [6, 6.07) is 12.3. The first-order chi connectivity index (χ1) is 15.1. The molecule has 0 aliphatic heterocycles. The Kier molecular flexibility index (Phi) is 5.79. The minimum atomic E-state index is -0.534. The second-order valence-electron chi connectivity index (χ2n) is 7.12. The number of para-hydroxylation sites is 1. The van der Waals surface area contributed by atoms with Crippen LogP contribution >= 0.6 is 0 Å². The fourth-order valence-electron chi connectivity index (χ4n) is 3.44. The number of nitrogens with one attached hydrogen (secondary N) is 2. The van der Waals surface area contributed by atoms with Gasteiger partial charge in [0.1, 0.15) is 12.1 Å². The van der Waals surface area contributed by atoms with Crippen molar-refractivity contribution in [2.75, 3.05) is 18.9 Å². The minimum absolute atomic E-state index is 0.0991. The van der Waals surface area contributed by atoms with E-state index in [2.05, 4.69) is 37.5 Å². The van der Waals surface area contributed by atoms with E-state index in [9.17, 15) is 9.18 Å². The minimum Gasteiger partial charge on any atom is -0.369 e. The number of hydrogen-bond acceptors (Lipinski definition) is 6. The molecule has 4 rings (SSSR count). The molecule has 156 valence electrons. The van der Waals surface area contributed by atoms with Gasteiger partial charge in [-0.25, -0.2) is 15.0 Å². The van der Waals surface area contributed by atoms with Gasteiger partial charge in [0.2, 0.25) is 5.95 Å². The lowest BCUT2D eigenvalue weighted by atomic mass is 9.96. The number of benzene rings is 1. The van der Waals surface area contributed by atoms with Gasteiger partial charge in [0.05, 0.1) is 16.8 Å². The first kappa shape index (κ1) is 20.3. The van der Waals surface area contributed by atoms with Crippen LogP contribution in [0.4, 0.5) is 10.2 Å². The lowest BCUT2D eigenvalue weighted by Crippen LogP contribution is -2.18. The maximum Gasteiger partial charge on any atom is 0.251 e. The van der Waals surface area contributed by atoms with Crippen molar-refractivity contribution in [3.63, 3.8) is 0 Å². The van der Waals surface area contributed by atoms with Crippen LogP contribution in [0, 0.1) is 5.95 Å². The molecule has 0 aliphatic carbocycles. The van der Waals surface area contributed by atoms with E-state index in [1.807, 2.05) is 18.2 Å². The number of amides is 1. The third kappa shape index (κ3) is 4.32. The molecule has 0 bridgehead atoms. The summed E-state index contributed by atoms with van der Waals surface area (Å²) in [5.74, 6) is 0.0786. The van der Waals surface area contributed by atoms with E-state index in [1.165, 1.54) is 18.6 Å². The average Bonchev–Trinajstić information content (AvgIpc) is 2.82. The summed E-state index contributed by atoms with van der Waals surface area (Å²) in [5.41, 5.74) is 3.80. The molecule has 4 aromatic rings. The molecule has 8 heteroatoms. The lowest BCUT2D eigenvalue weighted by Gasteiger charge is -2.16. The van der Waals surface area contributed by atoms with Crippen LogP contribution in [0.1, 0.15) is 28.8 Å². The summed E-state index contributed by atoms with van der Waals surface area (Å²) in [6.07, 6.45) is 4.56. The van der Waals surface area contributed by atoms with Gasteiger partial charge < -0.3 is 10.6 Å². The standard InChI is InChI=1S/C23H21FN6O/c1-14(16-4-3-5-17-18(23(31)25-2)8-9-26-22(16)17)11-28-21-10-19(29-13-30-21)15-6-7-20(24)27-12-15/h3-10,12-14H,11H2,1-2H3,(H,25,31)(H,28,29,30)/t14-/m1/s1. The second kappa shape index (κ2) is 8.83. The summed E-state index contributed by atoms with van der Waals surface area (Å²) >= 11 is 0. The third-order valence-corrected chi connectivity index (χ3v) is 5.08. The molecule has 1 aromatic carbocycles. The van der Waals surface area contributed by atoms with Crippen molar-refractivity contribution in [2.24, 2.45) is 0 Å². The van der Waals surface area contributed by atoms with E-state index in [1.54, 1.807) is 31.4 Å². The monoisotopic (exact) mass is 416 g/mol. The highest BCUT2D eigenvalue weighted by Gasteiger charge is 2.15. The van der Waals surface area contributed by atoms with Crippen molar-refractivity contribution < 1.29 is 9.18 Å². The summed E-state index contributed by atoms with van der Waals surface area (Å²) in [7, 11) is 1.61. The van der Waals surface area contributed by atoms with Crippen molar-refractivity contribution in [1.29, 1.82) is 0 Å². The maximum absolute atomic E-state index is 13.1. The van der Waals surface area contributed by atoms with Crippen LogP contribution in [0.25, 0.3) is 22.2 Å². The van der Waals surface area contributed by atoms with Gasteiger partial charge in [-0.3, -0.25) is 9.78 Å². The lowest BCUT2D eigenvalue weighted by molar-refractivity contribution is 0.0964. The molecule has 2 N–H and O–H groups in total. The molecular weight excluding hydrogens is 395 g/mol. The van der Waals surface area contributed by atoms with Crippen LogP contribution < -0.4 is 10.6 Å². The molecule has 0 fully saturated rings. The van der Waals surface area contributed by atoms with E-state index in [0.717, 1.165) is 16.5 Å². The van der Waals surface area contributed by atoms with E-state index in [-0.39, 0.29) is 11.8 Å². The van der Waals surface area contributed by atoms with Gasteiger partial charge in [-0.2, -0.15) is 4.39 Å². The van der Waals surface area contributed by atoms with Crippen LogP contribution in [-0.4, -0.2) is 39.4 Å². The molecular formula is C23H21FN6O. The Morgan fingerprint density at radius 3 is 2.74 bits per heavy atom. The Balaban J connectivity index is 1.55. The van der Waals surface area contributed by atoms with Gasteiger partial charge in [-0.15, -0.1) is 0 Å². The van der Waals surface area contributed by atoms with Crippen LogP contribution in [0.15, 0.2) is 61.2 Å². The molecule has 0 saturated heterocycles. The predicted octanol–water partition coefficient (Wildman–Crippen LogP) is 3.80. The van der Waals surface area contributed by atoms with Crippen LogP contribution in [0.2, 0.25) is 0 Å².